The van der Waals surface area contributed by atoms with Crippen LogP contribution in [0.15, 0.2) is 40.6 Å². The van der Waals surface area contributed by atoms with Crippen molar-refractivity contribution in [3.63, 3.8) is 0 Å². The first-order chi connectivity index (χ1) is 9.59. The first-order valence-electron chi connectivity index (χ1n) is 5.76. The SMILES string of the molecule is CS/C(=N\C#N)Nc1ccc([N+]2(C)C=CC=N2)c(Cl)c1. The molecule has 2 rings (SSSR count). The van der Waals surface area contributed by atoms with E-state index in [9.17, 15) is 0 Å². The van der Waals surface area contributed by atoms with Crippen LogP contribution in [-0.2, 0) is 0 Å². The van der Waals surface area contributed by atoms with Crippen molar-refractivity contribution >= 4 is 46.1 Å². The van der Waals surface area contributed by atoms with Crippen LogP contribution in [0.1, 0.15) is 0 Å². The number of hydrogen-bond donors (Lipinski definition) is 1. The maximum Gasteiger partial charge on any atom is 0.208 e. The fourth-order valence-electron chi connectivity index (χ4n) is 1.81. The van der Waals surface area contributed by atoms with Crippen molar-refractivity contribution in [2.75, 3.05) is 18.6 Å². The Labute approximate surface area is 126 Å². The molecule has 0 aromatic heterocycles. The zero-order chi connectivity index (χ0) is 14.6. The van der Waals surface area contributed by atoms with Gasteiger partial charge in [0.15, 0.2) is 10.9 Å². The maximum atomic E-state index is 8.58. The van der Waals surface area contributed by atoms with Crippen molar-refractivity contribution in [2.45, 2.75) is 0 Å². The van der Waals surface area contributed by atoms with E-state index in [1.807, 2.05) is 37.7 Å². The predicted molar refractivity (Wildman–Crippen MR) is 87.0 cm³/mol. The van der Waals surface area contributed by atoms with Crippen molar-refractivity contribution < 1.29 is 0 Å². The van der Waals surface area contributed by atoms with Crippen LogP contribution in [0.3, 0.4) is 0 Å². The smallest absolute Gasteiger partial charge is 0.208 e. The molecule has 102 valence electrons. The summed E-state index contributed by atoms with van der Waals surface area (Å²) in [4.78, 5) is 3.67. The van der Waals surface area contributed by atoms with Gasteiger partial charge in [0.1, 0.15) is 18.3 Å². The first-order valence-corrected chi connectivity index (χ1v) is 7.37. The summed E-state index contributed by atoms with van der Waals surface area (Å²) in [5, 5.41) is 17.1. The zero-order valence-electron chi connectivity index (χ0n) is 11.0. The van der Waals surface area contributed by atoms with E-state index in [-0.39, 0.29) is 0 Å². The number of halogens is 1. The molecular weight excluding hydrogens is 294 g/mol. The Balaban J connectivity index is 2.27. The van der Waals surface area contributed by atoms with Gasteiger partial charge in [-0.25, -0.2) is 0 Å². The van der Waals surface area contributed by atoms with Gasteiger partial charge in [0.25, 0.3) is 0 Å². The Morgan fingerprint density at radius 3 is 2.90 bits per heavy atom. The van der Waals surface area contributed by atoms with Crippen LogP contribution in [-0.4, -0.2) is 24.7 Å². The number of thioether (sulfide) groups is 1. The molecule has 20 heavy (non-hydrogen) atoms. The summed E-state index contributed by atoms with van der Waals surface area (Å²) in [6.07, 6.45) is 9.17. The second kappa shape index (κ2) is 6.09. The molecule has 1 aromatic rings. The van der Waals surface area contributed by atoms with Crippen LogP contribution in [0.2, 0.25) is 5.02 Å². The third kappa shape index (κ3) is 3.02. The highest BCUT2D eigenvalue weighted by Crippen LogP contribution is 2.34. The van der Waals surface area contributed by atoms with Crippen LogP contribution in [0.25, 0.3) is 0 Å². The molecule has 0 saturated carbocycles. The lowest BCUT2D eigenvalue weighted by Crippen LogP contribution is -2.30. The summed E-state index contributed by atoms with van der Waals surface area (Å²) in [7, 11) is 1.94. The molecule has 1 heterocycles. The predicted octanol–water partition coefficient (Wildman–Crippen LogP) is 3.40. The van der Waals surface area contributed by atoms with Crippen LogP contribution < -0.4 is 9.91 Å². The normalized spacial score (nSPS) is 21.0. The molecule has 5 nitrogen and oxygen atoms in total. The number of benzene rings is 1. The van der Waals surface area contributed by atoms with Gasteiger partial charge < -0.3 is 5.32 Å². The summed E-state index contributed by atoms with van der Waals surface area (Å²) in [5.41, 5.74) is 1.66. The van der Waals surface area contributed by atoms with Crippen LogP contribution in [0.5, 0.6) is 0 Å². The number of aliphatic imine (C=N–C) groups is 1. The lowest BCUT2D eigenvalue weighted by molar-refractivity contribution is 0.485. The molecule has 1 aliphatic heterocycles. The van der Waals surface area contributed by atoms with E-state index in [0.717, 1.165) is 11.4 Å². The van der Waals surface area contributed by atoms with Crippen LogP contribution in [0.4, 0.5) is 11.4 Å². The second-order valence-electron chi connectivity index (χ2n) is 4.14. The zero-order valence-corrected chi connectivity index (χ0v) is 12.6. The molecule has 1 aliphatic rings. The monoisotopic (exact) mass is 306 g/mol. The number of nitrogens with one attached hydrogen (secondary N) is 1. The summed E-state index contributed by atoms with van der Waals surface area (Å²) in [5.74, 6) is 0. The number of allylic oxidation sites excluding steroid dienone is 1. The lowest BCUT2D eigenvalue weighted by atomic mass is 10.2. The minimum Gasteiger partial charge on any atom is -0.334 e. The first kappa shape index (κ1) is 14.6. The molecule has 1 atom stereocenters. The number of quaternary nitrogens is 1. The van der Waals surface area contributed by atoms with Gasteiger partial charge >= 0.3 is 0 Å². The number of nitrogens with zero attached hydrogens (tertiary/aromatic N) is 4. The topological polar surface area (TPSA) is 60.5 Å². The summed E-state index contributed by atoms with van der Waals surface area (Å²) in [6.45, 7) is 0. The molecule has 0 aliphatic carbocycles. The number of hydrogen-bond acceptors (Lipinski definition) is 4. The Kier molecular flexibility index (Phi) is 4.45. The molecule has 7 heteroatoms. The maximum absolute atomic E-state index is 8.58. The molecule has 1 N–H and O–H groups in total. The van der Waals surface area contributed by atoms with E-state index in [0.29, 0.717) is 14.8 Å². The number of rotatable bonds is 2. The van der Waals surface area contributed by atoms with E-state index >= 15 is 0 Å². The van der Waals surface area contributed by atoms with Crippen molar-refractivity contribution in [3.8, 4) is 6.19 Å². The Morgan fingerprint density at radius 1 is 1.55 bits per heavy atom. The molecule has 0 fully saturated rings. The van der Waals surface area contributed by atoms with E-state index in [1.165, 1.54) is 11.8 Å². The second-order valence-corrected chi connectivity index (χ2v) is 5.35. The van der Waals surface area contributed by atoms with Gasteiger partial charge in [0.05, 0.1) is 6.21 Å². The van der Waals surface area contributed by atoms with Crippen molar-refractivity contribution in [1.82, 2.24) is 4.59 Å². The summed E-state index contributed by atoms with van der Waals surface area (Å²) >= 11 is 7.69. The summed E-state index contributed by atoms with van der Waals surface area (Å²) in [6, 6.07) is 5.59. The van der Waals surface area contributed by atoms with Crippen LogP contribution >= 0.6 is 23.4 Å². The van der Waals surface area contributed by atoms with Crippen molar-refractivity contribution in [2.24, 2.45) is 10.1 Å². The molecule has 0 radical (unpaired) electrons. The Morgan fingerprint density at radius 2 is 2.35 bits per heavy atom. The third-order valence-corrected chi connectivity index (χ3v) is 3.68. The standard InChI is InChI=1S/C13H13ClN5S/c1-19(7-3-6-17-19)12-5-4-10(8-11(12)14)18-13(20-2)16-9-15/h3-8H,1-2H3,(H,16,18)/q+1. The molecule has 1 unspecified atom stereocenters. The van der Waals surface area contributed by atoms with Crippen LogP contribution in [0, 0.1) is 11.5 Å². The molecular formula is C13H13ClN5S+. The quantitative estimate of drug-likeness (QED) is 0.394. The number of amidine groups is 1. The molecule has 0 amide bonds. The Hall–Kier alpha value is -1.81. The van der Waals surface area contributed by atoms with Gasteiger partial charge in [-0.05, 0) is 18.4 Å². The Bertz CT molecular complexity index is 633. The van der Waals surface area contributed by atoms with Crippen molar-refractivity contribution in [3.05, 3.63) is 35.5 Å². The van der Waals surface area contributed by atoms with E-state index in [4.69, 9.17) is 16.9 Å². The van der Waals surface area contributed by atoms with Gasteiger partial charge in [-0.15, -0.1) is 9.58 Å². The summed E-state index contributed by atoms with van der Waals surface area (Å²) < 4.78 is 0.292. The highest BCUT2D eigenvalue weighted by Gasteiger charge is 2.27. The minimum atomic E-state index is 0.292. The van der Waals surface area contributed by atoms with Crippen molar-refractivity contribution in [1.29, 1.82) is 5.26 Å². The van der Waals surface area contributed by atoms with Gasteiger partial charge in [-0.1, -0.05) is 28.5 Å². The highest BCUT2D eigenvalue weighted by molar-refractivity contribution is 8.13. The van der Waals surface area contributed by atoms with Gasteiger partial charge in [-0.2, -0.15) is 5.26 Å². The molecule has 0 saturated heterocycles. The highest BCUT2D eigenvalue weighted by atomic mass is 35.5. The number of anilines is 1. The average Bonchev–Trinajstić information content (AvgIpc) is 2.86. The average molecular weight is 307 g/mol. The van der Waals surface area contributed by atoms with E-state index < -0.39 is 0 Å². The molecule has 0 spiro atoms. The van der Waals surface area contributed by atoms with Gasteiger partial charge in [0.2, 0.25) is 6.19 Å². The van der Waals surface area contributed by atoms with E-state index in [1.54, 1.807) is 18.5 Å². The number of nitriles is 1. The minimum absolute atomic E-state index is 0.292. The largest absolute Gasteiger partial charge is 0.334 e. The van der Waals surface area contributed by atoms with E-state index in [2.05, 4.69) is 15.4 Å². The molecule has 0 bridgehead atoms. The third-order valence-electron chi connectivity index (χ3n) is 2.80. The molecule has 1 aromatic carbocycles. The fraction of sp³-hybridized carbons (Fsp3) is 0.154. The fourth-order valence-corrected chi connectivity index (χ4v) is 2.51. The van der Waals surface area contributed by atoms with Gasteiger partial charge in [0, 0.05) is 17.8 Å². The lowest BCUT2D eigenvalue weighted by Gasteiger charge is -2.21. The van der Waals surface area contributed by atoms with Gasteiger partial charge in [-0.3, -0.25) is 0 Å².